The maximum absolute atomic E-state index is 12.0. The van der Waals surface area contributed by atoms with Crippen molar-refractivity contribution in [3.63, 3.8) is 0 Å². The number of nitrogens with one attached hydrogen (secondary N) is 2. The lowest BCUT2D eigenvalue weighted by atomic mass is 10.2. The number of rotatable bonds is 8. The van der Waals surface area contributed by atoms with Crippen LogP contribution in [0.5, 0.6) is 0 Å². The molecular weight excluding hydrogens is 329 g/mol. The average Bonchev–Trinajstić information content (AvgIpc) is 2.47. The van der Waals surface area contributed by atoms with E-state index in [-0.39, 0.29) is 6.42 Å². The average molecular weight is 351 g/mol. The van der Waals surface area contributed by atoms with Crippen molar-refractivity contribution in [2.75, 3.05) is 19.6 Å². The zero-order chi connectivity index (χ0) is 17.1. The predicted octanol–water partition coefficient (Wildman–Crippen LogP) is 3.57. The van der Waals surface area contributed by atoms with Crippen LogP contribution in [0.4, 0.5) is 13.2 Å². The van der Waals surface area contributed by atoms with Crippen LogP contribution in [-0.4, -0.2) is 36.8 Å². The number of halogens is 4. The molecule has 2 N–H and O–H groups in total. The van der Waals surface area contributed by atoms with Crippen LogP contribution in [0.3, 0.4) is 0 Å². The van der Waals surface area contributed by atoms with Gasteiger partial charge in [-0.05, 0) is 37.8 Å². The van der Waals surface area contributed by atoms with Gasteiger partial charge in [-0.25, -0.2) is 4.98 Å². The highest BCUT2D eigenvalue weighted by Crippen LogP contribution is 2.21. The number of hydrogen-bond acceptors (Lipinski definition) is 2. The van der Waals surface area contributed by atoms with Crippen LogP contribution >= 0.6 is 11.6 Å². The first-order valence-electron chi connectivity index (χ1n) is 7.60. The van der Waals surface area contributed by atoms with Gasteiger partial charge in [0.15, 0.2) is 5.96 Å². The first kappa shape index (κ1) is 19.5. The lowest BCUT2D eigenvalue weighted by Crippen LogP contribution is -2.38. The Kier molecular flexibility index (Phi) is 8.76. The minimum absolute atomic E-state index is 0.100. The monoisotopic (exact) mass is 350 g/mol. The van der Waals surface area contributed by atoms with Crippen molar-refractivity contribution >= 4 is 17.6 Å². The molecule has 0 aliphatic rings. The van der Waals surface area contributed by atoms with Crippen LogP contribution in [0.1, 0.15) is 31.7 Å². The Morgan fingerprint density at radius 3 is 2.65 bits per heavy atom. The van der Waals surface area contributed by atoms with Gasteiger partial charge in [0.25, 0.3) is 0 Å². The first-order chi connectivity index (χ1) is 10.9. The molecule has 0 atom stereocenters. The quantitative estimate of drug-likeness (QED) is 0.326. The summed E-state index contributed by atoms with van der Waals surface area (Å²) in [5, 5.41) is 6.67. The lowest BCUT2D eigenvalue weighted by Gasteiger charge is -2.11. The minimum Gasteiger partial charge on any atom is -0.357 e. The van der Waals surface area contributed by atoms with Crippen molar-refractivity contribution in [3.05, 3.63) is 29.0 Å². The normalized spacial score (nSPS) is 12.3. The smallest absolute Gasteiger partial charge is 0.357 e. The molecule has 0 saturated heterocycles. The largest absolute Gasteiger partial charge is 0.389 e. The molecule has 0 aliphatic heterocycles. The van der Waals surface area contributed by atoms with E-state index in [0.717, 1.165) is 12.0 Å². The molecule has 0 spiro atoms. The highest BCUT2D eigenvalue weighted by molar-refractivity contribution is 6.29. The SMILES string of the molecule is CCNC(=NCCCCC(F)(F)F)NCCc1ccc(Cl)nc1. The molecule has 1 aromatic rings. The number of aromatic nitrogens is 1. The van der Waals surface area contributed by atoms with Gasteiger partial charge in [-0.2, -0.15) is 13.2 Å². The van der Waals surface area contributed by atoms with Crippen LogP contribution in [-0.2, 0) is 6.42 Å². The molecule has 0 amide bonds. The van der Waals surface area contributed by atoms with Gasteiger partial charge in [0.2, 0.25) is 0 Å². The maximum atomic E-state index is 12.0. The van der Waals surface area contributed by atoms with Crippen LogP contribution in [0.25, 0.3) is 0 Å². The molecular formula is C15H22ClF3N4. The highest BCUT2D eigenvalue weighted by atomic mass is 35.5. The summed E-state index contributed by atoms with van der Waals surface area (Å²) < 4.78 is 36.1. The molecule has 0 bridgehead atoms. The molecule has 1 rings (SSSR count). The van der Waals surface area contributed by atoms with Gasteiger partial charge < -0.3 is 10.6 Å². The van der Waals surface area contributed by atoms with E-state index in [4.69, 9.17) is 11.6 Å². The third-order valence-corrected chi connectivity index (χ3v) is 3.20. The molecule has 0 radical (unpaired) electrons. The zero-order valence-electron chi connectivity index (χ0n) is 13.1. The van der Waals surface area contributed by atoms with E-state index < -0.39 is 12.6 Å². The van der Waals surface area contributed by atoms with Crippen molar-refractivity contribution in [3.8, 4) is 0 Å². The standard InChI is InChI=1S/C15H22ClF3N4/c1-2-20-14(21-9-4-3-8-15(17,18)19)22-10-7-12-5-6-13(16)23-11-12/h5-6,11H,2-4,7-10H2,1H3,(H2,20,21,22). The Balaban J connectivity index is 2.30. The fourth-order valence-corrected chi connectivity index (χ4v) is 1.96. The number of unbranched alkanes of at least 4 members (excludes halogenated alkanes) is 1. The van der Waals surface area contributed by atoms with Crippen molar-refractivity contribution in [1.82, 2.24) is 15.6 Å². The van der Waals surface area contributed by atoms with Crippen LogP contribution < -0.4 is 10.6 Å². The van der Waals surface area contributed by atoms with E-state index in [1.807, 2.05) is 13.0 Å². The summed E-state index contributed by atoms with van der Waals surface area (Å²) >= 11 is 5.72. The van der Waals surface area contributed by atoms with Gasteiger partial charge in [0.1, 0.15) is 5.15 Å². The molecule has 23 heavy (non-hydrogen) atoms. The van der Waals surface area contributed by atoms with Gasteiger partial charge in [-0.1, -0.05) is 17.7 Å². The van der Waals surface area contributed by atoms with Crippen molar-refractivity contribution < 1.29 is 13.2 Å². The summed E-state index contributed by atoms with van der Waals surface area (Å²) in [4.78, 5) is 8.27. The molecule has 0 fully saturated rings. The number of hydrogen-bond donors (Lipinski definition) is 2. The van der Waals surface area contributed by atoms with E-state index in [0.29, 0.717) is 37.2 Å². The lowest BCUT2D eigenvalue weighted by molar-refractivity contribution is -0.135. The summed E-state index contributed by atoms with van der Waals surface area (Å²) in [6, 6.07) is 3.63. The fraction of sp³-hybridized carbons (Fsp3) is 0.600. The molecule has 1 heterocycles. The van der Waals surface area contributed by atoms with Crippen LogP contribution in [0.15, 0.2) is 23.3 Å². The molecule has 0 aromatic carbocycles. The predicted molar refractivity (Wildman–Crippen MR) is 86.8 cm³/mol. The third-order valence-electron chi connectivity index (χ3n) is 2.98. The van der Waals surface area contributed by atoms with E-state index in [9.17, 15) is 13.2 Å². The number of aliphatic imine (C=N–C) groups is 1. The van der Waals surface area contributed by atoms with Crippen molar-refractivity contribution in [1.29, 1.82) is 0 Å². The van der Waals surface area contributed by atoms with Gasteiger partial charge in [-0.3, -0.25) is 4.99 Å². The fourth-order valence-electron chi connectivity index (χ4n) is 1.85. The molecule has 0 aliphatic carbocycles. The van der Waals surface area contributed by atoms with E-state index >= 15 is 0 Å². The highest BCUT2D eigenvalue weighted by Gasteiger charge is 2.25. The molecule has 8 heteroatoms. The Morgan fingerprint density at radius 2 is 2.04 bits per heavy atom. The van der Waals surface area contributed by atoms with Crippen LogP contribution in [0.2, 0.25) is 5.15 Å². The van der Waals surface area contributed by atoms with Crippen molar-refractivity contribution in [2.45, 2.75) is 38.8 Å². The van der Waals surface area contributed by atoms with E-state index in [1.54, 1.807) is 12.3 Å². The zero-order valence-corrected chi connectivity index (χ0v) is 13.8. The summed E-state index contributed by atoms with van der Waals surface area (Å²) in [5.41, 5.74) is 1.04. The number of alkyl halides is 3. The first-order valence-corrected chi connectivity index (χ1v) is 7.98. The Bertz CT molecular complexity index is 475. The van der Waals surface area contributed by atoms with Gasteiger partial charge in [-0.15, -0.1) is 0 Å². The molecule has 1 aromatic heterocycles. The topological polar surface area (TPSA) is 49.3 Å². The number of nitrogens with zero attached hydrogens (tertiary/aromatic N) is 2. The van der Waals surface area contributed by atoms with Gasteiger partial charge in [0, 0.05) is 32.3 Å². The third kappa shape index (κ3) is 9.99. The van der Waals surface area contributed by atoms with Gasteiger partial charge in [0.05, 0.1) is 0 Å². The Morgan fingerprint density at radius 1 is 1.26 bits per heavy atom. The number of pyridine rings is 1. The maximum Gasteiger partial charge on any atom is 0.389 e. The second kappa shape index (κ2) is 10.3. The van der Waals surface area contributed by atoms with E-state index in [1.165, 1.54) is 0 Å². The molecule has 0 saturated carbocycles. The second-order valence-electron chi connectivity index (χ2n) is 5.00. The Hall–Kier alpha value is -1.50. The molecule has 0 unspecified atom stereocenters. The summed E-state index contributed by atoms with van der Waals surface area (Å²) in [5.74, 6) is 0.612. The summed E-state index contributed by atoms with van der Waals surface area (Å²) in [7, 11) is 0. The van der Waals surface area contributed by atoms with Gasteiger partial charge >= 0.3 is 6.18 Å². The summed E-state index contributed by atoms with van der Waals surface area (Å²) in [6.45, 7) is 3.65. The second-order valence-corrected chi connectivity index (χ2v) is 5.39. The molecule has 130 valence electrons. The van der Waals surface area contributed by atoms with Crippen LogP contribution in [0, 0.1) is 0 Å². The Labute approximate surface area is 139 Å². The van der Waals surface area contributed by atoms with Crippen molar-refractivity contribution in [2.24, 2.45) is 4.99 Å². The minimum atomic E-state index is -4.08. The summed E-state index contributed by atoms with van der Waals surface area (Å²) in [6.07, 6.45) is -1.86. The molecule has 4 nitrogen and oxygen atoms in total. The van der Waals surface area contributed by atoms with E-state index in [2.05, 4.69) is 20.6 Å². The number of guanidine groups is 1.